The first kappa shape index (κ1) is 14.7. The lowest BCUT2D eigenvalue weighted by Gasteiger charge is -2.25. The fraction of sp³-hybridized carbons (Fsp3) is 0.462. The number of carboxylic acids is 1. The van der Waals surface area contributed by atoms with Gasteiger partial charge in [0.05, 0.1) is 11.3 Å². The van der Waals surface area contributed by atoms with Crippen molar-refractivity contribution in [3.63, 3.8) is 0 Å². The molecule has 1 aromatic carbocycles. The number of aliphatic carboxylic acids is 1. The third-order valence-electron chi connectivity index (χ3n) is 2.95. The molecule has 0 fully saturated rings. The van der Waals surface area contributed by atoms with Crippen LogP contribution in [0.3, 0.4) is 0 Å². The van der Waals surface area contributed by atoms with Gasteiger partial charge in [0.15, 0.2) is 9.84 Å². The predicted octanol–water partition coefficient (Wildman–Crippen LogP) is 2.15. The summed E-state index contributed by atoms with van der Waals surface area (Å²) in [5.74, 6) is -0.869. The maximum atomic E-state index is 11.4. The van der Waals surface area contributed by atoms with E-state index in [1.165, 1.54) is 6.07 Å². The fourth-order valence-corrected chi connectivity index (χ4v) is 2.81. The molecule has 0 heterocycles. The van der Waals surface area contributed by atoms with E-state index in [1.54, 1.807) is 19.1 Å². The van der Waals surface area contributed by atoms with Gasteiger partial charge in [0.2, 0.25) is 0 Å². The van der Waals surface area contributed by atoms with Crippen molar-refractivity contribution in [2.24, 2.45) is 0 Å². The van der Waals surface area contributed by atoms with Gasteiger partial charge in [-0.2, -0.15) is 0 Å². The van der Waals surface area contributed by atoms with Gasteiger partial charge in [-0.25, -0.2) is 8.42 Å². The summed E-state index contributed by atoms with van der Waals surface area (Å²) in [6.45, 7) is 5.47. The van der Waals surface area contributed by atoms with Crippen molar-refractivity contribution in [2.75, 3.05) is 6.26 Å². The molecule has 0 aliphatic carbocycles. The normalized spacial score (nSPS) is 12.4. The van der Waals surface area contributed by atoms with Crippen LogP contribution in [0.15, 0.2) is 23.1 Å². The van der Waals surface area contributed by atoms with E-state index in [4.69, 9.17) is 5.11 Å². The lowest BCUT2D eigenvalue weighted by molar-refractivity contribution is -0.138. The van der Waals surface area contributed by atoms with Gasteiger partial charge in [-0.05, 0) is 30.2 Å². The molecule has 1 rings (SSSR count). The van der Waals surface area contributed by atoms with Crippen LogP contribution in [0.5, 0.6) is 0 Å². The minimum absolute atomic E-state index is 0.00601. The van der Waals surface area contributed by atoms with Crippen molar-refractivity contribution in [3.8, 4) is 0 Å². The summed E-state index contributed by atoms with van der Waals surface area (Å²) in [6, 6.07) is 4.82. The Morgan fingerprint density at radius 2 is 1.89 bits per heavy atom. The molecule has 100 valence electrons. The van der Waals surface area contributed by atoms with E-state index in [-0.39, 0.29) is 11.3 Å². The Labute approximate surface area is 108 Å². The first-order valence-electron chi connectivity index (χ1n) is 5.57. The molecule has 0 aromatic heterocycles. The summed E-state index contributed by atoms with van der Waals surface area (Å²) in [5.41, 5.74) is 1.13. The van der Waals surface area contributed by atoms with Gasteiger partial charge in [-0.1, -0.05) is 19.9 Å². The Balaban J connectivity index is 3.25. The highest BCUT2D eigenvalue weighted by Crippen LogP contribution is 2.30. The van der Waals surface area contributed by atoms with Crippen molar-refractivity contribution >= 4 is 15.8 Å². The van der Waals surface area contributed by atoms with Gasteiger partial charge in [0, 0.05) is 11.7 Å². The average Bonchev–Trinajstić information content (AvgIpc) is 2.13. The van der Waals surface area contributed by atoms with Gasteiger partial charge in [-0.15, -0.1) is 0 Å². The maximum Gasteiger partial charge on any atom is 0.304 e. The minimum atomic E-state index is -3.23. The molecule has 0 unspecified atom stereocenters. The first-order chi connectivity index (χ1) is 8.04. The monoisotopic (exact) mass is 270 g/mol. The molecule has 0 aliphatic heterocycles. The number of rotatable bonds is 4. The van der Waals surface area contributed by atoms with E-state index >= 15 is 0 Å². The van der Waals surface area contributed by atoms with Crippen LogP contribution in [0.2, 0.25) is 0 Å². The van der Waals surface area contributed by atoms with Crippen molar-refractivity contribution < 1.29 is 18.3 Å². The number of aryl methyl sites for hydroxylation is 1. The van der Waals surface area contributed by atoms with E-state index in [2.05, 4.69) is 0 Å². The highest BCUT2D eigenvalue weighted by Gasteiger charge is 2.26. The molecule has 0 aliphatic rings. The molecule has 0 atom stereocenters. The Morgan fingerprint density at radius 1 is 1.33 bits per heavy atom. The minimum Gasteiger partial charge on any atom is -0.481 e. The van der Waals surface area contributed by atoms with Gasteiger partial charge >= 0.3 is 5.97 Å². The van der Waals surface area contributed by atoms with E-state index in [9.17, 15) is 13.2 Å². The molecule has 0 spiro atoms. The molecule has 0 radical (unpaired) electrons. The first-order valence-corrected chi connectivity index (χ1v) is 7.46. The topological polar surface area (TPSA) is 71.4 Å². The molecule has 5 heteroatoms. The van der Waals surface area contributed by atoms with Crippen molar-refractivity contribution in [1.29, 1.82) is 0 Å². The highest BCUT2D eigenvalue weighted by molar-refractivity contribution is 7.90. The van der Waals surface area contributed by atoms with Crippen LogP contribution < -0.4 is 0 Å². The molecule has 1 N–H and O–H groups in total. The smallest absolute Gasteiger partial charge is 0.304 e. The zero-order valence-corrected chi connectivity index (χ0v) is 11.8. The zero-order chi connectivity index (χ0) is 14.1. The second kappa shape index (κ2) is 4.72. The second-order valence-electron chi connectivity index (χ2n) is 5.20. The molecule has 1 aromatic rings. The number of hydrogen-bond donors (Lipinski definition) is 1. The molecule has 0 saturated carbocycles. The number of carboxylic acid groups (broad SMARTS) is 1. The molecule has 0 bridgehead atoms. The van der Waals surface area contributed by atoms with Crippen LogP contribution in [0.1, 0.15) is 31.4 Å². The molecular formula is C13H18O4S. The maximum absolute atomic E-state index is 11.4. The van der Waals surface area contributed by atoms with Crippen molar-refractivity contribution in [2.45, 2.75) is 37.5 Å². The number of benzene rings is 1. The third kappa shape index (κ3) is 3.32. The Bertz CT molecular complexity index is 571. The lowest BCUT2D eigenvalue weighted by atomic mass is 9.79. The molecule has 0 amide bonds. The summed E-state index contributed by atoms with van der Waals surface area (Å²) in [7, 11) is -3.23. The fourth-order valence-electron chi connectivity index (χ4n) is 2.10. The quantitative estimate of drug-likeness (QED) is 0.910. The zero-order valence-electron chi connectivity index (χ0n) is 11.0. The lowest BCUT2D eigenvalue weighted by Crippen LogP contribution is -2.23. The molecular weight excluding hydrogens is 252 g/mol. The Hall–Kier alpha value is -1.36. The summed E-state index contributed by atoms with van der Waals surface area (Å²) < 4.78 is 22.9. The third-order valence-corrected chi connectivity index (χ3v) is 4.06. The van der Waals surface area contributed by atoms with Crippen LogP contribution in [0.25, 0.3) is 0 Å². The van der Waals surface area contributed by atoms with Gasteiger partial charge in [0.25, 0.3) is 0 Å². The van der Waals surface area contributed by atoms with Crippen molar-refractivity contribution in [3.05, 3.63) is 29.3 Å². The van der Waals surface area contributed by atoms with Gasteiger partial charge < -0.3 is 5.11 Å². The van der Waals surface area contributed by atoms with E-state index < -0.39 is 21.2 Å². The van der Waals surface area contributed by atoms with Gasteiger partial charge in [0.1, 0.15) is 0 Å². The van der Waals surface area contributed by atoms with Crippen LogP contribution in [-0.2, 0) is 20.0 Å². The van der Waals surface area contributed by atoms with E-state index in [0.717, 1.165) is 17.4 Å². The highest BCUT2D eigenvalue weighted by atomic mass is 32.2. The average molecular weight is 270 g/mol. The van der Waals surface area contributed by atoms with Crippen molar-refractivity contribution in [1.82, 2.24) is 0 Å². The predicted molar refractivity (Wildman–Crippen MR) is 69.6 cm³/mol. The Kier molecular flexibility index (Phi) is 3.86. The second-order valence-corrected chi connectivity index (χ2v) is 7.22. The number of carbonyl (C=O) groups is 1. The molecule has 4 nitrogen and oxygen atoms in total. The van der Waals surface area contributed by atoms with Gasteiger partial charge in [-0.3, -0.25) is 4.79 Å². The van der Waals surface area contributed by atoms with Crippen LogP contribution in [0.4, 0.5) is 0 Å². The summed E-state index contributed by atoms with van der Waals surface area (Å²) >= 11 is 0. The van der Waals surface area contributed by atoms with Crippen LogP contribution in [0, 0.1) is 6.92 Å². The van der Waals surface area contributed by atoms with E-state index in [1.807, 2.05) is 13.8 Å². The van der Waals surface area contributed by atoms with E-state index in [0.29, 0.717) is 0 Å². The molecule has 0 saturated heterocycles. The summed E-state index contributed by atoms with van der Waals surface area (Å²) in [4.78, 5) is 11.1. The number of hydrogen-bond acceptors (Lipinski definition) is 3. The molecule has 18 heavy (non-hydrogen) atoms. The summed E-state index contributed by atoms with van der Waals surface area (Å²) in [6.07, 6.45) is 1.16. The standard InChI is InChI=1S/C13H18O4S/c1-9-7-10(18(4,16)17)5-6-11(9)13(2,3)8-12(14)15/h5-7H,8H2,1-4H3,(H,14,15). The summed E-state index contributed by atoms with van der Waals surface area (Å²) in [5, 5.41) is 8.89. The SMILES string of the molecule is Cc1cc(S(C)(=O)=O)ccc1C(C)(C)CC(=O)O. The van der Waals surface area contributed by atoms with Crippen LogP contribution in [-0.4, -0.2) is 25.7 Å². The largest absolute Gasteiger partial charge is 0.481 e. The van der Waals surface area contributed by atoms with Crippen LogP contribution >= 0.6 is 0 Å². The Morgan fingerprint density at radius 3 is 2.28 bits per heavy atom. The number of sulfone groups is 1.